The normalized spacial score (nSPS) is 11.0. The van der Waals surface area contributed by atoms with Crippen molar-refractivity contribution in [1.82, 2.24) is 9.97 Å². The first-order valence-corrected chi connectivity index (χ1v) is 11.5. The Morgan fingerprint density at radius 2 is 1.97 bits per heavy atom. The van der Waals surface area contributed by atoms with E-state index in [1.807, 2.05) is 38.1 Å². The summed E-state index contributed by atoms with van der Waals surface area (Å²) >= 11 is 2.43. The fourth-order valence-corrected chi connectivity index (χ4v) is 5.06. The van der Waals surface area contributed by atoms with Crippen LogP contribution in [0.5, 0.6) is 5.75 Å². The number of thiophene rings is 1. The molecular formula is C22H18N4O5S2. The number of aromatic nitrogens is 2. The highest BCUT2D eigenvalue weighted by Gasteiger charge is 2.18. The number of carbonyl (C=O) groups excluding carboxylic acids is 1. The molecule has 2 aromatic carbocycles. The van der Waals surface area contributed by atoms with Gasteiger partial charge in [-0.05, 0) is 25.5 Å². The van der Waals surface area contributed by atoms with Crippen LogP contribution in [0.4, 0.5) is 11.4 Å². The van der Waals surface area contributed by atoms with Crippen molar-refractivity contribution >= 4 is 50.6 Å². The second-order valence-electron chi connectivity index (χ2n) is 7.25. The molecule has 168 valence electrons. The molecule has 0 radical (unpaired) electrons. The van der Waals surface area contributed by atoms with Crippen molar-refractivity contribution in [2.24, 2.45) is 0 Å². The second-order valence-corrected chi connectivity index (χ2v) is 9.41. The van der Waals surface area contributed by atoms with Crippen molar-refractivity contribution in [2.75, 3.05) is 11.1 Å². The van der Waals surface area contributed by atoms with Crippen LogP contribution in [0.25, 0.3) is 21.3 Å². The van der Waals surface area contributed by atoms with Gasteiger partial charge in [-0.25, -0.2) is 4.98 Å². The minimum atomic E-state index is -0.623. The molecule has 0 spiro atoms. The van der Waals surface area contributed by atoms with Crippen LogP contribution in [-0.2, 0) is 4.79 Å². The Morgan fingerprint density at radius 1 is 1.24 bits per heavy atom. The lowest BCUT2D eigenvalue weighted by molar-refractivity contribution is -0.384. The molecular weight excluding hydrogens is 464 g/mol. The number of nitro groups is 1. The molecule has 1 amide bonds. The Morgan fingerprint density at radius 3 is 2.67 bits per heavy atom. The topological polar surface area (TPSA) is 138 Å². The molecule has 9 nitrogen and oxygen atoms in total. The molecule has 4 aromatic rings. The standard InChI is InChI=1S/C22H18N4O5S2/c1-11-3-5-13(6-4-11)18-12(2)33-21-19(18)20(29)24-22(25-21)32-10-17(28)23-15-9-14(26(30)31)7-8-16(15)27/h3-9,27H,10H2,1-2H3,(H,23,28)(H,24,25,29). The van der Waals surface area contributed by atoms with Crippen LogP contribution in [0.2, 0.25) is 0 Å². The number of anilines is 1. The highest BCUT2D eigenvalue weighted by atomic mass is 32.2. The first-order valence-electron chi connectivity index (χ1n) is 9.73. The summed E-state index contributed by atoms with van der Waals surface area (Å²) in [7, 11) is 0. The van der Waals surface area contributed by atoms with Gasteiger partial charge in [0.15, 0.2) is 5.16 Å². The van der Waals surface area contributed by atoms with Gasteiger partial charge in [-0.2, -0.15) is 0 Å². The van der Waals surface area contributed by atoms with E-state index in [0.717, 1.165) is 51.5 Å². The Hall–Kier alpha value is -3.70. The number of aromatic amines is 1. The number of hydrogen-bond donors (Lipinski definition) is 3. The van der Waals surface area contributed by atoms with Gasteiger partial charge in [0.25, 0.3) is 11.2 Å². The van der Waals surface area contributed by atoms with Crippen LogP contribution in [0.3, 0.4) is 0 Å². The lowest BCUT2D eigenvalue weighted by atomic mass is 10.0. The molecule has 0 fully saturated rings. The zero-order chi connectivity index (χ0) is 23.7. The Kier molecular flexibility index (Phi) is 6.16. The number of non-ortho nitro benzene ring substituents is 1. The number of thioether (sulfide) groups is 1. The van der Waals surface area contributed by atoms with E-state index < -0.39 is 10.8 Å². The van der Waals surface area contributed by atoms with Crippen molar-refractivity contribution in [2.45, 2.75) is 19.0 Å². The van der Waals surface area contributed by atoms with Gasteiger partial charge in [0.1, 0.15) is 10.6 Å². The zero-order valence-corrected chi connectivity index (χ0v) is 19.2. The molecule has 3 N–H and O–H groups in total. The molecule has 2 heterocycles. The average molecular weight is 483 g/mol. The van der Waals surface area contributed by atoms with Gasteiger partial charge in [0.05, 0.1) is 21.7 Å². The molecule has 2 aromatic heterocycles. The van der Waals surface area contributed by atoms with Crippen molar-refractivity contribution < 1.29 is 14.8 Å². The van der Waals surface area contributed by atoms with Gasteiger partial charge in [-0.15, -0.1) is 11.3 Å². The molecule has 0 aliphatic rings. The van der Waals surface area contributed by atoms with E-state index >= 15 is 0 Å². The van der Waals surface area contributed by atoms with Gasteiger partial charge in [-0.3, -0.25) is 19.7 Å². The number of hydrogen-bond acceptors (Lipinski definition) is 8. The summed E-state index contributed by atoms with van der Waals surface area (Å²) in [6.45, 7) is 3.93. The molecule has 0 aliphatic heterocycles. The number of amides is 1. The highest BCUT2D eigenvalue weighted by Crippen LogP contribution is 2.36. The molecule has 0 saturated carbocycles. The van der Waals surface area contributed by atoms with E-state index in [1.54, 1.807) is 0 Å². The maximum Gasteiger partial charge on any atom is 0.271 e. The average Bonchev–Trinajstić information content (AvgIpc) is 3.10. The lowest BCUT2D eigenvalue weighted by Gasteiger charge is -2.07. The first kappa shape index (κ1) is 22.5. The second kappa shape index (κ2) is 9.04. The minimum Gasteiger partial charge on any atom is -0.506 e. The van der Waals surface area contributed by atoms with Crippen molar-refractivity contribution in [3.63, 3.8) is 0 Å². The van der Waals surface area contributed by atoms with Gasteiger partial charge in [0, 0.05) is 22.6 Å². The molecule has 0 atom stereocenters. The summed E-state index contributed by atoms with van der Waals surface area (Å²) in [6, 6.07) is 11.3. The third-order valence-electron chi connectivity index (χ3n) is 4.86. The number of aryl methyl sites for hydroxylation is 2. The number of carbonyl (C=O) groups is 1. The Bertz CT molecular complexity index is 1440. The summed E-state index contributed by atoms with van der Waals surface area (Å²) in [6.07, 6.45) is 0. The monoisotopic (exact) mass is 482 g/mol. The number of nitrogens with zero attached hydrogens (tertiary/aromatic N) is 2. The number of aromatic hydroxyl groups is 1. The SMILES string of the molecule is Cc1ccc(-c2c(C)sc3nc(SCC(=O)Nc4cc([N+](=O)[O-])ccc4O)[nH]c(=O)c23)cc1. The van der Waals surface area contributed by atoms with E-state index in [-0.39, 0.29) is 33.6 Å². The molecule has 4 rings (SSSR count). The van der Waals surface area contributed by atoms with Gasteiger partial charge in [-0.1, -0.05) is 41.6 Å². The van der Waals surface area contributed by atoms with Crippen LogP contribution in [0, 0.1) is 24.0 Å². The fourth-order valence-electron chi connectivity index (χ4n) is 3.29. The molecule has 11 heteroatoms. The van der Waals surface area contributed by atoms with Gasteiger partial charge < -0.3 is 15.4 Å². The van der Waals surface area contributed by atoms with E-state index in [2.05, 4.69) is 15.3 Å². The van der Waals surface area contributed by atoms with Crippen LogP contribution in [0.1, 0.15) is 10.4 Å². The molecule has 0 bridgehead atoms. The third kappa shape index (κ3) is 4.73. The largest absolute Gasteiger partial charge is 0.506 e. The molecule has 0 unspecified atom stereocenters. The number of H-pyrrole nitrogens is 1. The number of fused-ring (bicyclic) bond motifs is 1. The number of rotatable bonds is 6. The number of nitro benzene ring substituents is 1. The molecule has 0 aliphatic carbocycles. The zero-order valence-electron chi connectivity index (χ0n) is 17.5. The Balaban J connectivity index is 1.54. The van der Waals surface area contributed by atoms with E-state index in [9.17, 15) is 24.8 Å². The quantitative estimate of drug-likeness (QED) is 0.120. The van der Waals surface area contributed by atoms with Crippen molar-refractivity contribution in [1.29, 1.82) is 0 Å². The lowest BCUT2D eigenvalue weighted by Crippen LogP contribution is -2.15. The molecule has 0 saturated heterocycles. The smallest absolute Gasteiger partial charge is 0.271 e. The van der Waals surface area contributed by atoms with Crippen LogP contribution in [0.15, 0.2) is 52.4 Å². The number of phenolic OH excluding ortho intramolecular Hbond substituents is 1. The minimum absolute atomic E-state index is 0.0664. The Labute approximate surface area is 195 Å². The summed E-state index contributed by atoms with van der Waals surface area (Å²) in [5.41, 5.74) is 2.29. The maximum absolute atomic E-state index is 12.9. The maximum atomic E-state index is 12.9. The summed E-state index contributed by atoms with van der Waals surface area (Å²) in [5, 5.41) is 24.0. The first-order chi connectivity index (χ1) is 15.7. The predicted molar refractivity (Wildman–Crippen MR) is 129 cm³/mol. The van der Waals surface area contributed by atoms with E-state index in [1.165, 1.54) is 11.3 Å². The van der Waals surface area contributed by atoms with E-state index in [0.29, 0.717) is 10.2 Å². The van der Waals surface area contributed by atoms with Crippen molar-refractivity contribution in [3.8, 4) is 16.9 Å². The van der Waals surface area contributed by atoms with Crippen molar-refractivity contribution in [3.05, 3.63) is 73.4 Å². The highest BCUT2D eigenvalue weighted by molar-refractivity contribution is 7.99. The van der Waals surface area contributed by atoms with Gasteiger partial charge in [0.2, 0.25) is 5.91 Å². The van der Waals surface area contributed by atoms with E-state index in [4.69, 9.17) is 0 Å². The van der Waals surface area contributed by atoms with Crippen LogP contribution in [-0.4, -0.2) is 31.7 Å². The fraction of sp³-hybridized carbons (Fsp3) is 0.136. The summed E-state index contributed by atoms with van der Waals surface area (Å²) < 4.78 is 0. The predicted octanol–water partition coefficient (Wildman–Crippen LogP) is 4.61. The number of phenols is 1. The summed E-state index contributed by atoms with van der Waals surface area (Å²) in [5.74, 6) is -0.919. The number of nitrogens with one attached hydrogen (secondary N) is 2. The molecule has 33 heavy (non-hydrogen) atoms. The number of benzene rings is 2. The third-order valence-corrected chi connectivity index (χ3v) is 6.73. The van der Waals surface area contributed by atoms with Crippen LogP contribution >= 0.6 is 23.1 Å². The van der Waals surface area contributed by atoms with Gasteiger partial charge >= 0.3 is 0 Å². The summed E-state index contributed by atoms with van der Waals surface area (Å²) in [4.78, 5) is 44.2. The van der Waals surface area contributed by atoms with Crippen LogP contribution < -0.4 is 10.9 Å².